The van der Waals surface area contributed by atoms with Crippen molar-refractivity contribution >= 4 is 17.7 Å². The minimum atomic E-state index is -0.190. The predicted octanol–water partition coefficient (Wildman–Crippen LogP) is 2.36. The number of hydrogen-bond acceptors (Lipinski definition) is 4. The molecule has 0 aromatic carbocycles. The van der Waals surface area contributed by atoms with Gasteiger partial charge in [0, 0.05) is 12.3 Å². The molecule has 6 rings (SSSR count). The molecule has 0 aromatic rings. The third-order valence-corrected chi connectivity index (χ3v) is 8.98. The van der Waals surface area contributed by atoms with Crippen LogP contribution in [-0.2, 0) is 4.79 Å². The largest absolute Gasteiger partial charge is 0.325 e. The summed E-state index contributed by atoms with van der Waals surface area (Å²) in [5.41, 5.74) is 0. The van der Waals surface area contributed by atoms with Crippen molar-refractivity contribution in [2.75, 3.05) is 12.3 Å². The number of carbonyl (C=O) groups is 1. The van der Waals surface area contributed by atoms with Crippen molar-refractivity contribution < 1.29 is 4.79 Å². The second kappa shape index (κ2) is 5.13. The quantitative estimate of drug-likeness (QED) is 0.801. The molecule has 1 amide bonds. The first-order valence-corrected chi connectivity index (χ1v) is 10.3. The standard InChI is InChI=1S/C18H25N3OS/c19-9-15-2-1-3-21(15)17(22)16-10-23-18(20-16)13-5-11-4-12(7-13)8-14(18)6-11/h11-16,20H,1-8,10H2/t11?,12?,13?,14?,15-,16-,18?/m0/s1. The number of nitriles is 1. The van der Waals surface area contributed by atoms with Crippen molar-refractivity contribution in [1.82, 2.24) is 10.2 Å². The molecule has 0 radical (unpaired) electrons. The van der Waals surface area contributed by atoms with E-state index in [0.29, 0.717) is 0 Å². The fraction of sp³-hybridized carbons (Fsp3) is 0.889. The Morgan fingerprint density at radius 1 is 1.17 bits per heavy atom. The van der Waals surface area contributed by atoms with Crippen molar-refractivity contribution in [1.29, 1.82) is 5.26 Å². The summed E-state index contributed by atoms with van der Waals surface area (Å²) in [6, 6.07) is 2.06. The lowest BCUT2D eigenvalue weighted by Gasteiger charge is -2.59. The molecule has 124 valence electrons. The number of likely N-dealkylation sites (tertiary alicyclic amines) is 1. The Morgan fingerprint density at radius 2 is 1.87 bits per heavy atom. The number of rotatable bonds is 1. The predicted molar refractivity (Wildman–Crippen MR) is 89.5 cm³/mol. The van der Waals surface area contributed by atoms with Gasteiger partial charge < -0.3 is 4.90 Å². The van der Waals surface area contributed by atoms with E-state index in [1.54, 1.807) is 0 Å². The zero-order valence-corrected chi connectivity index (χ0v) is 14.4. The highest BCUT2D eigenvalue weighted by Gasteiger charge is 2.60. The van der Waals surface area contributed by atoms with E-state index in [2.05, 4.69) is 11.4 Å². The van der Waals surface area contributed by atoms with Crippen LogP contribution >= 0.6 is 11.8 Å². The number of carbonyl (C=O) groups excluding carboxylic acids is 1. The molecule has 23 heavy (non-hydrogen) atoms. The van der Waals surface area contributed by atoms with E-state index in [9.17, 15) is 10.1 Å². The fourth-order valence-electron chi connectivity index (χ4n) is 6.43. The van der Waals surface area contributed by atoms with E-state index in [4.69, 9.17) is 0 Å². The normalized spacial score (nSPS) is 50.7. The van der Waals surface area contributed by atoms with Crippen LogP contribution in [-0.4, -0.2) is 40.1 Å². The molecule has 5 heteroatoms. The van der Waals surface area contributed by atoms with Crippen LogP contribution in [0.5, 0.6) is 0 Å². The molecule has 4 nitrogen and oxygen atoms in total. The van der Waals surface area contributed by atoms with Gasteiger partial charge in [-0.1, -0.05) is 0 Å². The Morgan fingerprint density at radius 3 is 2.52 bits per heavy atom. The van der Waals surface area contributed by atoms with Gasteiger partial charge in [0.1, 0.15) is 6.04 Å². The molecule has 1 N–H and O–H groups in total. The molecule has 6 aliphatic rings. The number of nitrogens with one attached hydrogen (secondary N) is 1. The summed E-state index contributed by atoms with van der Waals surface area (Å²) in [4.78, 5) is 15.0. The molecule has 2 atom stereocenters. The molecular weight excluding hydrogens is 306 g/mol. The fourth-order valence-corrected chi connectivity index (χ4v) is 8.18. The van der Waals surface area contributed by atoms with Crippen molar-refractivity contribution in [3.8, 4) is 6.07 Å². The molecule has 1 spiro atoms. The van der Waals surface area contributed by atoms with Gasteiger partial charge in [0.2, 0.25) is 5.91 Å². The molecule has 0 unspecified atom stereocenters. The second-order valence-electron chi connectivity index (χ2n) is 8.42. The maximum absolute atomic E-state index is 12.9. The summed E-state index contributed by atoms with van der Waals surface area (Å²) < 4.78 is 0. The molecule has 4 saturated carbocycles. The van der Waals surface area contributed by atoms with E-state index >= 15 is 0 Å². The van der Waals surface area contributed by atoms with Gasteiger partial charge in [-0.15, -0.1) is 11.8 Å². The van der Waals surface area contributed by atoms with E-state index < -0.39 is 0 Å². The smallest absolute Gasteiger partial charge is 0.241 e. The van der Waals surface area contributed by atoms with Gasteiger partial charge in [-0.05, 0) is 68.6 Å². The monoisotopic (exact) mass is 331 g/mol. The minimum Gasteiger partial charge on any atom is -0.325 e. The highest BCUT2D eigenvalue weighted by atomic mass is 32.2. The van der Waals surface area contributed by atoms with Crippen LogP contribution in [0.4, 0.5) is 0 Å². The highest BCUT2D eigenvalue weighted by molar-refractivity contribution is 8.01. The SMILES string of the molecule is N#C[C@@H]1CCCN1C(=O)[C@@H]1CSC2(N1)C1CC3CC(C1)CC2C3. The van der Waals surface area contributed by atoms with Crippen LogP contribution in [0.15, 0.2) is 0 Å². The van der Waals surface area contributed by atoms with Gasteiger partial charge in [0.15, 0.2) is 0 Å². The van der Waals surface area contributed by atoms with Crippen molar-refractivity contribution in [3.63, 3.8) is 0 Å². The maximum Gasteiger partial charge on any atom is 0.241 e. The first kappa shape index (κ1) is 14.6. The molecule has 2 aliphatic heterocycles. The van der Waals surface area contributed by atoms with Crippen LogP contribution in [0.2, 0.25) is 0 Å². The average molecular weight is 331 g/mol. The van der Waals surface area contributed by atoms with Gasteiger partial charge >= 0.3 is 0 Å². The molecule has 0 aromatic heterocycles. The van der Waals surface area contributed by atoms with E-state index in [1.807, 2.05) is 16.7 Å². The average Bonchev–Trinajstić information content (AvgIpc) is 3.19. The highest BCUT2D eigenvalue weighted by Crippen LogP contribution is 2.63. The van der Waals surface area contributed by atoms with Crippen LogP contribution in [0.1, 0.15) is 44.9 Å². The summed E-state index contributed by atoms with van der Waals surface area (Å²) in [6.07, 6.45) is 8.78. The van der Waals surface area contributed by atoms with Crippen molar-refractivity contribution in [3.05, 3.63) is 0 Å². The Balaban J connectivity index is 1.35. The Hall–Kier alpha value is -0.730. The summed E-state index contributed by atoms with van der Waals surface area (Å²) in [7, 11) is 0. The molecule has 2 heterocycles. The van der Waals surface area contributed by atoms with Crippen LogP contribution in [0, 0.1) is 35.0 Å². The molecule has 4 bridgehead atoms. The lowest BCUT2D eigenvalue weighted by Crippen LogP contribution is -2.63. The van der Waals surface area contributed by atoms with Crippen LogP contribution in [0.3, 0.4) is 0 Å². The summed E-state index contributed by atoms with van der Waals surface area (Å²) >= 11 is 2.04. The third kappa shape index (κ3) is 2.04. The van der Waals surface area contributed by atoms with Crippen LogP contribution < -0.4 is 5.32 Å². The zero-order valence-electron chi connectivity index (χ0n) is 13.5. The Labute approximate surface area is 142 Å². The summed E-state index contributed by atoms with van der Waals surface area (Å²) in [6.45, 7) is 0.768. The molecular formula is C18H25N3OS. The molecule has 4 aliphatic carbocycles. The number of nitrogens with zero attached hydrogens (tertiary/aromatic N) is 2. The lowest BCUT2D eigenvalue weighted by molar-refractivity contribution is -0.133. The van der Waals surface area contributed by atoms with E-state index in [1.165, 1.54) is 32.1 Å². The Kier molecular flexibility index (Phi) is 3.26. The maximum atomic E-state index is 12.9. The van der Waals surface area contributed by atoms with E-state index in [0.717, 1.165) is 48.8 Å². The van der Waals surface area contributed by atoms with Gasteiger partial charge in [-0.25, -0.2) is 0 Å². The van der Waals surface area contributed by atoms with Crippen molar-refractivity contribution in [2.45, 2.75) is 61.9 Å². The van der Waals surface area contributed by atoms with Crippen molar-refractivity contribution in [2.24, 2.45) is 23.7 Å². The number of thioether (sulfide) groups is 1. The van der Waals surface area contributed by atoms with Gasteiger partial charge in [-0.3, -0.25) is 10.1 Å². The lowest BCUT2D eigenvalue weighted by atomic mass is 9.53. The summed E-state index contributed by atoms with van der Waals surface area (Å²) in [5.74, 6) is 4.55. The second-order valence-corrected chi connectivity index (χ2v) is 9.72. The van der Waals surface area contributed by atoms with E-state index in [-0.39, 0.29) is 22.9 Å². The van der Waals surface area contributed by atoms with Gasteiger partial charge in [0.25, 0.3) is 0 Å². The Bertz CT molecular complexity index is 543. The number of amides is 1. The minimum absolute atomic E-state index is 0.0634. The third-order valence-electron chi connectivity index (χ3n) is 7.22. The van der Waals surface area contributed by atoms with Gasteiger partial charge in [0.05, 0.1) is 17.0 Å². The number of hydrogen-bond donors (Lipinski definition) is 1. The van der Waals surface area contributed by atoms with Gasteiger partial charge in [-0.2, -0.15) is 5.26 Å². The first-order valence-electron chi connectivity index (χ1n) is 9.31. The van der Waals surface area contributed by atoms with Crippen LogP contribution in [0.25, 0.3) is 0 Å². The molecule has 2 saturated heterocycles. The zero-order chi connectivity index (χ0) is 15.6. The summed E-state index contributed by atoms with van der Waals surface area (Å²) in [5, 5.41) is 13.1. The molecule has 6 fully saturated rings. The first-order chi connectivity index (χ1) is 11.2. The topological polar surface area (TPSA) is 56.1 Å².